The summed E-state index contributed by atoms with van der Waals surface area (Å²) in [5, 5.41) is 8.41. The molecule has 1 rings (SSSR count). The number of hydrogen-bond donors (Lipinski definition) is 2. The van der Waals surface area contributed by atoms with Crippen LogP contribution in [-0.4, -0.2) is 11.1 Å². The summed E-state index contributed by atoms with van der Waals surface area (Å²) in [6.45, 7) is 1.79. The largest absolute Gasteiger partial charge is 0.481 e. The molecular weight excluding hydrogens is 197 g/mol. The normalized spacial score (nSPS) is 10.8. The zero-order chi connectivity index (χ0) is 11.4. The minimum atomic E-state index is -0.917. The van der Waals surface area contributed by atoms with Crippen LogP contribution >= 0.6 is 0 Å². The van der Waals surface area contributed by atoms with Crippen molar-refractivity contribution in [2.75, 3.05) is 5.73 Å². The second kappa shape index (κ2) is 4.59. The Balaban J connectivity index is 2.90. The molecule has 0 radical (unpaired) electrons. The Morgan fingerprint density at radius 3 is 2.87 bits per heavy atom. The fraction of sp³-hybridized carbons (Fsp3) is 0.182. The molecule has 0 unspecified atom stereocenters. The number of hydrogen-bond acceptors (Lipinski definition) is 2. The maximum absolute atomic E-state index is 13.1. The van der Waals surface area contributed by atoms with E-state index >= 15 is 0 Å². The summed E-state index contributed by atoms with van der Waals surface area (Å²) in [5.74, 6) is -1.41. The van der Waals surface area contributed by atoms with Crippen LogP contribution in [0.4, 0.5) is 10.1 Å². The Kier molecular flexibility index (Phi) is 3.44. The van der Waals surface area contributed by atoms with Crippen LogP contribution in [0.1, 0.15) is 17.5 Å². The van der Waals surface area contributed by atoms with Crippen molar-refractivity contribution in [2.24, 2.45) is 0 Å². The first-order valence-electron chi connectivity index (χ1n) is 4.44. The predicted molar refractivity (Wildman–Crippen MR) is 56.8 cm³/mol. The molecule has 80 valence electrons. The van der Waals surface area contributed by atoms with Crippen molar-refractivity contribution in [3.05, 3.63) is 35.2 Å². The van der Waals surface area contributed by atoms with E-state index < -0.39 is 11.8 Å². The first-order chi connectivity index (χ1) is 7.00. The highest BCUT2D eigenvalue weighted by Crippen LogP contribution is 2.18. The van der Waals surface area contributed by atoms with E-state index in [0.717, 1.165) is 5.56 Å². The lowest BCUT2D eigenvalue weighted by atomic mass is 10.1. The molecule has 1 aromatic rings. The number of rotatable bonds is 3. The standard InChI is InChI=1S/C11H12FNO2/c1-7-5-10(13)9(12)6-8(7)3-2-4-11(14)15/h2-3,5-6H,4,13H2,1H3,(H,14,15). The smallest absolute Gasteiger partial charge is 0.307 e. The molecule has 3 nitrogen and oxygen atoms in total. The number of halogens is 1. The van der Waals surface area contributed by atoms with Crippen molar-refractivity contribution < 1.29 is 14.3 Å². The number of carbonyl (C=O) groups is 1. The molecule has 4 heteroatoms. The highest BCUT2D eigenvalue weighted by Gasteiger charge is 2.02. The molecule has 15 heavy (non-hydrogen) atoms. The Labute approximate surface area is 87.0 Å². The summed E-state index contributed by atoms with van der Waals surface area (Å²) in [4.78, 5) is 10.3. The van der Waals surface area contributed by atoms with Gasteiger partial charge in [0.05, 0.1) is 12.1 Å². The van der Waals surface area contributed by atoms with Crippen molar-refractivity contribution in [3.63, 3.8) is 0 Å². The van der Waals surface area contributed by atoms with Gasteiger partial charge in [0.1, 0.15) is 5.82 Å². The van der Waals surface area contributed by atoms with Crippen LogP contribution < -0.4 is 5.73 Å². The molecule has 0 atom stereocenters. The third-order valence-corrected chi connectivity index (χ3v) is 1.98. The first-order valence-corrected chi connectivity index (χ1v) is 4.44. The van der Waals surface area contributed by atoms with Crippen LogP contribution in [0.2, 0.25) is 0 Å². The number of anilines is 1. The van der Waals surface area contributed by atoms with Gasteiger partial charge in [-0.15, -0.1) is 0 Å². The van der Waals surface area contributed by atoms with Gasteiger partial charge < -0.3 is 10.8 Å². The molecule has 0 aliphatic heterocycles. The van der Waals surface area contributed by atoms with E-state index in [2.05, 4.69) is 0 Å². The summed E-state index contributed by atoms with van der Waals surface area (Å²) in [7, 11) is 0. The number of nitrogen functional groups attached to an aromatic ring is 1. The number of benzene rings is 1. The average molecular weight is 209 g/mol. The van der Waals surface area contributed by atoms with E-state index in [1.54, 1.807) is 13.0 Å². The Morgan fingerprint density at radius 2 is 2.27 bits per heavy atom. The highest BCUT2D eigenvalue weighted by atomic mass is 19.1. The number of carboxylic acids is 1. The van der Waals surface area contributed by atoms with Crippen molar-refractivity contribution in [3.8, 4) is 0 Å². The van der Waals surface area contributed by atoms with Gasteiger partial charge in [0.25, 0.3) is 0 Å². The van der Waals surface area contributed by atoms with Gasteiger partial charge in [-0.05, 0) is 30.2 Å². The minimum Gasteiger partial charge on any atom is -0.481 e. The SMILES string of the molecule is Cc1cc(N)c(F)cc1C=CCC(=O)O. The zero-order valence-electron chi connectivity index (χ0n) is 8.33. The topological polar surface area (TPSA) is 63.3 Å². The van der Waals surface area contributed by atoms with Crippen molar-refractivity contribution >= 4 is 17.7 Å². The van der Waals surface area contributed by atoms with E-state index in [1.165, 1.54) is 18.2 Å². The van der Waals surface area contributed by atoms with Gasteiger partial charge in [0, 0.05) is 0 Å². The number of aryl methyl sites for hydroxylation is 1. The number of nitrogens with two attached hydrogens (primary N) is 1. The third-order valence-electron chi connectivity index (χ3n) is 1.98. The molecule has 0 fully saturated rings. The van der Waals surface area contributed by atoms with Crippen molar-refractivity contribution in [2.45, 2.75) is 13.3 Å². The predicted octanol–water partition coefficient (Wildman–Crippen LogP) is 2.20. The molecule has 0 aromatic heterocycles. The lowest BCUT2D eigenvalue weighted by molar-refractivity contribution is -0.135. The van der Waals surface area contributed by atoms with Gasteiger partial charge in [0.15, 0.2) is 0 Å². The van der Waals surface area contributed by atoms with E-state index in [-0.39, 0.29) is 12.1 Å². The number of carboxylic acid groups (broad SMARTS) is 1. The quantitative estimate of drug-likeness (QED) is 0.750. The Hall–Kier alpha value is -1.84. The summed E-state index contributed by atoms with van der Waals surface area (Å²) in [5.41, 5.74) is 6.93. The van der Waals surface area contributed by atoms with E-state index in [4.69, 9.17) is 10.8 Å². The minimum absolute atomic E-state index is 0.0779. The second-order valence-electron chi connectivity index (χ2n) is 3.23. The average Bonchev–Trinajstić information content (AvgIpc) is 2.13. The molecule has 3 N–H and O–H groups in total. The maximum Gasteiger partial charge on any atom is 0.307 e. The molecule has 0 bridgehead atoms. The monoisotopic (exact) mass is 209 g/mol. The van der Waals surface area contributed by atoms with Crippen molar-refractivity contribution in [1.29, 1.82) is 0 Å². The summed E-state index contributed by atoms with van der Waals surface area (Å²) in [6, 6.07) is 2.82. The van der Waals surface area contributed by atoms with Crippen LogP contribution in [0.5, 0.6) is 0 Å². The Morgan fingerprint density at radius 1 is 1.60 bits per heavy atom. The molecular formula is C11H12FNO2. The molecule has 0 amide bonds. The number of aliphatic carboxylic acids is 1. The van der Waals surface area contributed by atoms with Gasteiger partial charge in [-0.3, -0.25) is 4.79 Å². The molecule has 0 heterocycles. The van der Waals surface area contributed by atoms with Gasteiger partial charge in [-0.25, -0.2) is 4.39 Å². The fourth-order valence-electron chi connectivity index (χ4n) is 1.19. The molecule has 0 aliphatic carbocycles. The van der Waals surface area contributed by atoms with E-state index in [0.29, 0.717) is 5.56 Å². The third kappa shape index (κ3) is 3.09. The van der Waals surface area contributed by atoms with Gasteiger partial charge in [-0.2, -0.15) is 0 Å². The molecule has 0 spiro atoms. The zero-order valence-corrected chi connectivity index (χ0v) is 8.33. The van der Waals surface area contributed by atoms with Gasteiger partial charge in [0.2, 0.25) is 0 Å². The molecule has 0 aliphatic rings. The lowest BCUT2D eigenvalue weighted by Crippen LogP contribution is -1.94. The maximum atomic E-state index is 13.1. The summed E-state index contributed by atoms with van der Waals surface area (Å²) >= 11 is 0. The van der Waals surface area contributed by atoms with Crippen LogP contribution in [0.15, 0.2) is 18.2 Å². The van der Waals surface area contributed by atoms with Crippen LogP contribution in [0.3, 0.4) is 0 Å². The fourth-order valence-corrected chi connectivity index (χ4v) is 1.19. The van der Waals surface area contributed by atoms with Gasteiger partial charge >= 0.3 is 5.97 Å². The molecule has 0 saturated carbocycles. The van der Waals surface area contributed by atoms with Crippen LogP contribution in [-0.2, 0) is 4.79 Å². The lowest BCUT2D eigenvalue weighted by Gasteiger charge is -2.03. The first kappa shape index (κ1) is 11.2. The van der Waals surface area contributed by atoms with Crippen LogP contribution in [0, 0.1) is 12.7 Å². The molecule has 1 aromatic carbocycles. The Bertz CT molecular complexity index is 413. The highest BCUT2D eigenvalue weighted by molar-refractivity contribution is 5.71. The van der Waals surface area contributed by atoms with Crippen LogP contribution in [0.25, 0.3) is 6.08 Å². The molecule has 0 saturated heterocycles. The van der Waals surface area contributed by atoms with E-state index in [9.17, 15) is 9.18 Å². The van der Waals surface area contributed by atoms with Gasteiger partial charge in [-0.1, -0.05) is 12.2 Å². The summed E-state index contributed by atoms with van der Waals surface area (Å²) < 4.78 is 13.1. The summed E-state index contributed by atoms with van der Waals surface area (Å²) in [6.07, 6.45) is 2.97. The van der Waals surface area contributed by atoms with E-state index in [1.807, 2.05) is 0 Å². The van der Waals surface area contributed by atoms with Crippen molar-refractivity contribution in [1.82, 2.24) is 0 Å². The second-order valence-corrected chi connectivity index (χ2v) is 3.23.